The van der Waals surface area contributed by atoms with Crippen molar-refractivity contribution in [3.63, 3.8) is 0 Å². The van der Waals surface area contributed by atoms with Crippen LogP contribution in [0.5, 0.6) is 0 Å². The molecule has 1 saturated carbocycles. The fourth-order valence-corrected chi connectivity index (χ4v) is 1.35. The van der Waals surface area contributed by atoms with Crippen molar-refractivity contribution in [3.05, 3.63) is 17.0 Å². The van der Waals surface area contributed by atoms with Crippen LogP contribution in [0.25, 0.3) is 0 Å². The molecule has 0 aliphatic heterocycles. The standard InChI is InChI=1S/C12H17ClN4O2/c1-6-2-3-7(4-9(6)18)16-11-8(10(14)19)5-15-12(13)17-11/h5-7,9,18H,2-4H2,1H3,(H2,14,19)(H,15,16,17)/i1D3,2D2,3D2,4D2,6D,7D,9D. The number of rotatable bonds is 3. The third-order valence-corrected chi connectivity index (χ3v) is 2.24. The maximum absolute atomic E-state index is 11.6. The number of anilines is 1. The van der Waals surface area contributed by atoms with Gasteiger partial charge in [0, 0.05) is 25.9 Å². The predicted octanol–water partition coefficient (Wildman–Crippen LogP) is 1.19. The van der Waals surface area contributed by atoms with E-state index < -0.39 is 66.5 Å². The van der Waals surface area contributed by atoms with Gasteiger partial charge in [-0.25, -0.2) is 4.98 Å². The zero-order valence-corrected chi connectivity index (χ0v) is 10.0. The van der Waals surface area contributed by atoms with Crippen LogP contribution in [-0.2, 0) is 0 Å². The van der Waals surface area contributed by atoms with Gasteiger partial charge in [-0.3, -0.25) is 4.79 Å². The number of nitrogens with zero attached hydrogens (tertiary/aromatic N) is 2. The normalized spacial score (nSPS) is 56.5. The van der Waals surface area contributed by atoms with Gasteiger partial charge in [-0.1, -0.05) is 6.85 Å². The summed E-state index contributed by atoms with van der Waals surface area (Å²) in [4.78, 5) is 18.6. The van der Waals surface area contributed by atoms with Gasteiger partial charge in [-0.15, -0.1) is 0 Å². The fraction of sp³-hybridized carbons (Fsp3) is 0.583. The van der Waals surface area contributed by atoms with Crippen LogP contribution in [0.2, 0.25) is 5.28 Å². The molecule has 1 fully saturated rings. The summed E-state index contributed by atoms with van der Waals surface area (Å²) in [7, 11) is 0. The van der Waals surface area contributed by atoms with Crippen LogP contribution in [0.4, 0.5) is 5.82 Å². The molecule has 0 spiro atoms. The molecule has 1 amide bonds. The number of nitrogens with one attached hydrogen (secondary N) is 1. The van der Waals surface area contributed by atoms with Crippen molar-refractivity contribution in [2.45, 2.75) is 38.1 Å². The van der Waals surface area contributed by atoms with Gasteiger partial charge >= 0.3 is 0 Å². The molecule has 1 aliphatic rings. The number of halogens is 1. The first-order chi connectivity index (χ1) is 13.5. The van der Waals surface area contributed by atoms with Crippen LogP contribution >= 0.6 is 11.6 Å². The number of carbonyl (C=O) groups excluding carboxylic acids is 1. The second-order valence-corrected chi connectivity index (χ2v) is 3.70. The summed E-state index contributed by atoms with van der Waals surface area (Å²) in [6.45, 7) is -3.91. The van der Waals surface area contributed by atoms with Gasteiger partial charge in [0.25, 0.3) is 5.91 Å². The first-order valence-corrected chi connectivity index (χ1v) is 5.25. The minimum Gasteiger partial charge on any atom is -0.393 e. The molecule has 0 radical (unpaired) electrons. The molecule has 104 valence electrons. The summed E-state index contributed by atoms with van der Waals surface area (Å²) < 4.78 is 95.7. The molecule has 1 heterocycles. The number of aromatic nitrogens is 2. The lowest BCUT2D eigenvalue weighted by Crippen LogP contribution is -2.35. The summed E-state index contributed by atoms with van der Waals surface area (Å²) in [5.74, 6) is -6.17. The van der Waals surface area contributed by atoms with E-state index in [9.17, 15) is 9.90 Å². The Morgan fingerprint density at radius 2 is 2.58 bits per heavy atom. The maximum atomic E-state index is 11.6. The number of nitrogens with two attached hydrogens (primary N) is 1. The van der Waals surface area contributed by atoms with Gasteiger partial charge in [0.2, 0.25) is 5.28 Å². The van der Waals surface area contributed by atoms with Gasteiger partial charge < -0.3 is 16.2 Å². The van der Waals surface area contributed by atoms with Crippen LogP contribution in [0.1, 0.15) is 52.8 Å². The zero-order chi connectivity index (χ0) is 24.6. The highest BCUT2D eigenvalue weighted by Gasteiger charge is 2.27. The Kier molecular flexibility index (Phi) is 1.56. The van der Waals surface area contributed by atoms with Crippen LogP contribution in [-0.4, -0.2) is 33.1 Å². The van der Waals surface area contributed by atoms with E-state index in [1.165, 1.54) is 0 Å². The molecule has 1 aromatic heterocycles. The van der Waals surface area contributed by atoms with Crippen molar-refractivity contribution in [2.75, 3.05) is 5.32 Å². The van der Waals surface area contributed by atoms with Gasteiger partial charge in [0.15, 0.2) is 0 Å². The summed E-state index contributed by atoms with van der Waals surface area (Å²) in [6.07, 6.45) is -15.4. The number of hydrogen-bond acceptors (Lipinski definition) is 5. The molecular weight excluding hydrogens is 268 g/mol. The van der Waals surface area contributed by atoms with E-state index >= 15 is 0 Å². The Bertz CT molecular complexity index is 893. The van der Waals surface area contributed by atoms with E-state index in [2.05, 4.69) is 9.97 Å². The highest BCUT2D eigenvalue weighted by molar-refractivity contribution is 6.28. The summed E-state index contributed by atoms with van der Waals surface area (Å²) in [5.41, 5.74) is 4.51. The van der Waals surface area contributed by atoms with Gasteiger partial charge in [0.1, 0.15) is 5.82 Å². The van der Waals surface area contributed by atoms with E-state index in [0.717, 1.165) is 6.20 Å². The lowest BCUT2D eigenvalue weighted by Gasteiger charge is -2.32. The molecule has 2 rings (SSSR count). The molecule has 0 aromatic carbocycles. The summed E-state index contributed by atoms with van der Waals surface area (Å²) in [6, 6.07) is -3.74. The Morgan fingerprint density at radius 1 is 1.79 bits per heavy atom. The summed E-state index contributed by atoms with van der Waals surface area (Å²) >= 11 is 5.62. The molecule has 19 heavy (non-hydrogen) atoms. The Labute approximate surface area is 133 Å². The number of primary amides is 1. The minimum atomic E-state index is -4.22. The molecule has 3 unspecified atom stereocenters. The number of aliphatic hydroxyl groups is 1. The molecule has 4 N–H and O–H groups in total. The largest absolute Gasteiger partial charge is 0.393 e. The van der Waals surface area contributed by atoms with E-state index in [-0.39, 0.29) is 0 Å². The predicted molar refractivity (Wildman–Crippen MR) is 72.0 cm³/mol. The Morgan fingerprint density at radius 3 is 3.26 bits per heavy atom. The molecule has 1 aromatic rings. The van der Waals surface area contributed by atoms with Crippen molar-refractivity contribution in [2.24, 2.45) is 11.6 Å². The van der Waals surface area contributed by atoms with Crippen molar-refractivity contribution in [3.8, 4) is 0 Å². The maximum Gasteiger partial charge on any atom is 0.254 e. The van der Waals surface area contributed by atoms with E-state index in [4.69, 9.17) is 33.8 Å². The molecular formula is C12H17ClN4O2. The van der Waals surface area contributed by atoms with E-state index in [0.29, 0.717) is 0 Å². The van der Waals surface area contributed by atoms with Crippen molar-refractivity contribution in [1.29, 1.82) is 0 Å². The molecule has 3 atom stereocenters. The van der Waals surface area contributed by atoms with Gasteiger partial charge in [0.05, 0.1) is 14.4 Å². The lowest BCUT2D eigenvalue weighted by atomic mass is 9.85. The highest BCUT2D eigenvalue weighted by Crippen LogP contribution is 2.27. The second-order valence-electron chi connectivity index (χ2n) is 3.36. The quantitative estimate of drug-likeness (QED) is 0.727. The molecule has 7 heteroatoms. The van der Waals surface area contributed by atoms with Crippen LogP contribution < -0.4 is 11.1 Å². The lowest BCUT2D eigenvalue weighted by molar-refractivity contribution is 0.0739. The van der Waals surface area contributed by atoms with Gasteiger partial charge in [-0.05, 0) is 36.6 Å². The molecule has 1 aliphatic carbocycles. The fourth-order valence-electron chi connectivity index (χ4n) is 1.21. The van der Waals surface area contributed by atoms with Gasteiger partial charge in [-0.2, -0.15) is 4.98 Å². The number of amides is 1. The monoisotopic (exact) mass is 296 g/mol. The van der Waals surface area contributed by atoms with Crippen molar-refractivity contribution < 1.29 is 26.4 Å². The molecule has 6 nitrogen and oxygen atoms in total. The summed E-state index contributed by atoms with van der Waals surface area (Å²) in [5, 5.41) is 11.8. The van der Waals surface area contributed by atoms with E-state index in [1.807, 2.05) is 5.32 Å². The topological polar surface area (TPSA) is 101 Å². The van der Waals surface area contributed by atoms with Crippen LogP contribution in [0.3, 0.4) is 0 Å². The average Bonchev–Trinajstić information content (AvgIpc) is 2.57. The molecule has 0 bridgehead atoms. The minimum absolute atomic E-state index is 0.575. The average molecular weight is 297 g/mol. The van der Waals surface area contributed by atoms with Crippen LogP contribution in [0, 0.1) is 5.89 Å². The number of hydrogen-bond donors (Lipinski definition) is 3. The SMILES string of the molecule is [2H]C([2H])([2H])C1([2H])C([2H])([2H])C([2H])([2H])C([2H])(Nc2nc(Cl)ncc2C(N)=O)C([2H])([2H])C1([2H])O. The second kappa shape index (κ2) is 5.71. The zero-order valence-electron chi connectivity index (χ0n) is 21.3. The van der Waals surface area contributed by atoms with E-state index in [1.54, 1.807) is 0 Å². The first kappa shape index (κ1) is 5.18. The van der Waals surface area contributed by atoms with Crippen LogP contribution in [0.15, 0.2) is 6.20 Å². The third kappa shape index (κ3) is 3.33. The van der Waals surface area contributed by atoms with Crippen molar-refractivity contribution in [1.82, 2.24) is 9.97 Å². The third-order valence-electron chi connectivity index (χ3n) is 2.06. The molecule has 0 saturated heterocycles. The Hall–Kier alpha value is -1.40. The smallest absolute Gasteiger partial charge is 0.254 e. The van der Waals surface area contributed by atoms with Crippen molar-refractivity contribution >= 4 is 23.3 Å². The highest BCUT2D eigenvalue weighted by atomic mass is 35.5. The number of carbonyl (C=O) groups is 1. The first-order valence-electron chi connectivity index (χ1n) is 10.9. The Balaban J connectivity index is 2.90.